The fraction of sp³-hybridized carbons (Fsp3) is 0.294. The van der Waals surface area contributed by atoms with Gasteiger partial charge in [0.05, 0.1) is 28.8 Å². The summed E-state index contributed by atoms with van der Waals surface area (Å²) >= 11 is 12.0. The molecule has 0 aliphatic carbocycles. The molecule has 1 aliphatic rings. The summed E-state index contributed by atoms with van der Waals surface area (Å²) in [6.45, 7) is 0.333. The molecular weight excluding hydrogens is 395 g/mol. The standard InChI is InChI=1S/C17H16Cl2N4O2S/c1-26(25)5-4-12(9-26)23-16-13(7-21-23)17(24)22(10-20-16)8-11-2-3-14(18)15(19)6-11/h2-3,6-7,10,12H,1,4-5,8-9H2. The highest BCUT2D eigenvalue weighted by Gasteiger charge is 2.27. The van der Waals surface area contributed by atoms with Crippen LogP contribution in [0, 0.1) is 0 Å². The van der Waals surface area contributed by atoms with Crippen LogP contribution in [0.1, 0.15) is 18.0 Å². The third-order valence-corrected chi connectivity index (χ3v) is 7.29. The van der Waals surface area contributed by atoms with Gasteiger partial charge in [-0.25, -0.2) is 9.67 Å². The van der Waals surface area contributed by atoms with Crippen LogP contribution in [-0.2, 0) is 16.1 Å². The van der Waals surface area contributed by atoms with Crippen molar-refractivity contribution in [1.82, 2.24) is 19.3 Å². The molecule has 1 saturated heterocycles. The second-order valence-corrected chi connectivity index (χ2v) is 10.0. The van der Waals surface area contributed by atoms with E-state index in [0.29, 0.717) is 39.1 Å². The van der Waals surface area contributed by atoms with Crippen molar-refractivity contribution in [3.8, 4) is 0 Å². The quantitative estimate of drug-likeness (QED) is 0.622. The maximum Gasteiger partial charge on any atom is 0.264 e. The number of halogens is 2. The van der Waals surface area contributed by atoms with E-state index in [1.54, 1.807) is 16.8 Å². The molecular formula is C17H16Cl2N4O2S. The lowest BCUT2D eigenvalue weighted by Crippen LogP contribution is -2.21. The lowest BCUT2D eigenvalue weighted by Gasteiger charge is -2.11. The largest absolute Gasteiger partial charge is 0.294 e. The first-order valence-electron chi connectivity index (χ1n) is 8.03. The summed E-state index contributed by atoms with van der Waals surface area (Å²) in [6.07, 6.45) is 3.76. The van der Waals surface area contributed by atoms with Crippen LogP contribution < -0.4 is 5.56 Å². The minimum atomic E-state index is -2.05. The number of aromatic nitrogens is 4. The predicted molar refractivity (Wildman–Crippen MR) is 106 cm³/mol. The molecule has 1 fully saturated rings. The Morgan fingerprint density at radius 1 is 1.31 bits per heavy atom. The lowest BCUT2D eigenvalue weighted by molar-refractivity contribution is 0.513. The molecule has 9 heteroatoms. The van der Waals surface area contributed by atoms with Crippen LogP contribution in [0.4, 0.5) is 0 Å². The van der Waals surface area contributed by atoms with E-state index in [1.165, 1.54) is 17.1 Å². The predicted octanol–water partition coefficient (Wildman–Crippen LogP) is 2.61. The zero-order valence-electron chi connectivity index (χ0n) is 13.8. The Bertz CT molecular complexity index is 1170. The summed E-state index contributed by atoms with van der Waals surface area (Å²) in [7, 11) is -2.05. The highest BCUT2D eigenvalue weighted by Crippen LogP contribution is 2.25. The number of hydrogen-bond acceptors (Lipinski definition) is 4. The zero-order chi connectivity index (χ0) is 18.5. The lowest BCUT2D eigenvalue weighted by atomic mass is 10.2. The maximum absolute atomic E-state index is 12.8. The Hall–Kier alpha value is -1.83. The molecule has 0 amide bonds. The van der Waals surface area contributed by atoms with Crippen molar-refractivity contribution in [1.29, 1.82) is 0 Å². The molecule has 0 radical (unpaired) electrons. The van der Waals surface area contributed by atoms with E-state index in [9.17, 15) is 9.00 Å². The monoisotopic (exact) mass is 410 g/mol. The number of nitrogens with zero attached hydrogens (tertiary/aromatic N) is 4. The van der Waals surface area contributed by atoms with Crippen LogP contribution in [0.2, 0.25) is 10.0 Å². The SMILES string of the molecule is C=S1(=O)CCC(n2ncc3c(=O)n(Cc4ccc(Cl)c(Cl)c4)cnc32)C1. The van der Waals surface area contributed by atoms with Gasteiger partial charge in [0.2, 0.25) is 0 Å². The summed E-state index contributed by atoms with van der Waals surface area (Å²) in [6, 6.07) is 5.21. The molecule has 1 aliphatic heterocycles. The fourth-order valence-electron chi connectivity index (χ4n) is 3.24. The number of hydrogen-bond donors (Lipinski definition) is 0. The number of rotatable bonds is 3. The van der Waals surface area contributed by atoms with Crippen molar-refractivity contribution in [2.45, 2.75) is 19.0 Å². The van der Waals surface area contributed by atoms with E-state index in [4.69, 9.17) is 23.2 Å². The van der Waals surface area contributed by atoms with Crippen LogP contribution >= 0.6 is 23.2 Å². The smallest absolute Gasteiger partial charge is 0.264 e. The molecule has 0 saturated carbocycles. The highest BCUT2D eigenvalue weighted by molar-refractivity contribution is 8.00. The van der Waals surface area contributed by atoms with Gasteiger partial charge in [-0.1, -0.05) is 29.3 Å². The van der Waals surface area contributed by atoms with E-state index < -0.39 is 9.52 Å². The van der Waals surface area contributed by atoms with Gasteiger partial charge in [-0.15, -0.1) is 0 Å². The second kappa shape index (κ2) is 6.40. The van der Waals surface area contributed by atoms with Gasteiger partial charge < -0.3 is 0 Å². The van der Waals surface area contributed by atoms with Crippen LogP contribution in [-0.4, -0.2) is 40.9 Å². The van der Waals surface area contributed by atoms with Gasteiger partial charge in [0.15, 0.2) is 5.65 Å². The Balaban J connectivity index is 1.70. The minimum absolute atomic E-state index is 0.0321. The van der Waals surface area contributed by atoms with Gasteiger partial charge >= 0.3 is 0 Å². The first-order chi connectivity index (χ1) is 12.3. The van der Waals surface area contributed by atoms with E-state index >= 15 is 0 Å². The van der Waals surface area contributed by atoms with Crippen LogP contribution in [0.3, 0.4) is 0 Å². The van der Waals surface area contributed by atoms with Crippen molar-refractivity contribution in [2.24, 2.45) is 0 Å². The molecule has 136 valence electrons. The Kier molecular flexibility index (Phi) is 4.33. The Morgan fingerprint density at radius 2 is 2.12 bits per heavy atom. The summed E-state index contributed by atoms with van der Waals surface area (Å²) in [4.78, 5) is 17.2. The molecule has 2 aromatic heterocycles. The average molecular weight is 411 g/mol. The summed E-state index contributed by atoms with van der Waals surface area (Å²) in [5.41, 5.74) is 1.19. The zero-order valence-corrected chi connectivity index (χ0v) is 16.1. The molecule has 3 aromatic rings. The molecule has 0 spiro atoms. The van der Waals surface area contributed by atoms with E-state index in [-0.39, 0.29) is 11.6 Å². The molecule has 0 N–H and O–H groups in total. The Labute approximate surface area is 160 Å². The maximum atomic E-state index is 12.8. The third-order valence-electron chi connectivity index (χ3n) is 4.58. The normalized spacial score (nSPS) is 22.9. The van der Waals surface area contributed by atoms with Crippen molar-refractivity contribution >= 4 is 49.6 Å². The van der Waals surface area contributed by atoms with Gasteiger partial charge in [0, 0.05) is 11.5 Å². The van der Waals surface area contributed by atoms with Gasteiger partial charge in [0.1, 0.15) is 11.7 Å². The van der Waals surface area contributed by atoms with Crippen molar-refractivity contribution < 1.29 is 4.21 Å². The van der Waals surface area contributed by atoms with E-state index in [1.807, 2.05) is 6.07 Å². The summed E-state index contributed by atoms with van der Waals surface area (Å²) in [5.74, 6) is 4.83. The van der Waals surface area contributed by atoms with Gasteiger partial charge in [-0.3, -0.25) is 13.6 Å². The van der Waals surface area contributed by atoms with Gasteiger partial charge in [0.25, 0.3) is 5.56 Å². The topological polar surface area (TPSA) is 69.8 Å². The average Bonchev–Trinajstić information content (AvgIpc) is 3.17. The molecule has 1 aromatic carbocycles. The summed E-state index contributed by atoms with van der Waals surface area (Å²) in [5, 5.41) is 5.68. The van der Waals surface area contributed by atoms with Crippen LogP contribution in [0.15, 0.2) is 35.5 Å². The van der Waals surface area contributed by atoms with E-state index in [2.05, 4.69) is 16.0 Å². The molecule has 0 bridgehead atoms. The van der Waals surface area contributed by atoms with Crippen molar-refractivity contribution in [3.05, 3.63) is 56.7 Å². The molecule has 2 atom stereocenters. The molecule has 4 rings (SSSR count). The molecule has 6 nitrogen and oxygen atoms in total. The van der Waals surface area contributed by atoms with Crippen LogP contribution in [0.25, 0.3) is 11.0 Å². The second-order valence-electron chi connectivity index (χ2n) is 6.53. The number of benzene rings is 1. The Morgan fingerprint density at radius 3 is 2.81 bits per heavy atom. The molecule has 3 heterocycles. The van der Waals surface area contributed by atoms with Crippen molar-refractivity contribution in [2.75, 3.05) is 11.5 Å². The fourth-order valence-corrected chi connectivity index (χ4v) is 5.44. The first kappa shape index (κ1) is 17.6. The van der Waals surface area contributed by atoms with Crippen LogP contribution in [0.5, 0.6) is 0 Å². The van der Waals surface area contributed by atoms with Crippen molar-refractivity contribution in [3.63, 3.8) is 0 Å². The van der Waals surface area contributed by atoms with E-state index in [0.717, 1.165) is 12.0 Å². The third kappa shape index (κ3) is 3.15. The highest BCUT2D eigenvalue weighted by atomic mass is 35.5. The first-order valence-corrected chi connectivity index (χ1v) is 10.9. The van der Waals surface area contributed by atoms with Gasteiger partial charge in [-0.2, -0.15) is 5.10 Å². The molecule has 2 unspecified atom stereocenters. The molecule has 26 heavy (non-hydrogen) atoms. The minimum Gasteiger partial charge on any atom is -0.294 e. The summed E-state index contributed by atoms with van der Waals surface area (Å²) < 4.78 is 15.4. The van der Waals surface area contributed by atoms with Gasteiger partial charge in [-0.05, 0) is 39.5 Å². The number of fused-ring (bicyclic) bond motifs is 1.